The lowest BCUT2D eigenvalue weighted by Crippen LogP contribution is -2.13. The van der Waals surface area contributed by atoms with E-state index < -0.39 is 18.0 Å². The van der Waals surface area contributed by atoms with E-state index in [1.165, 1.54) is 19.2 Å². The summed E-state index contributed by atoms with van der Waals surface area (Å²) in [5, 5.41) is 0. The minimum atomic E-state index is -4.30. The summed E-state index contributed by atoms with van der Waals surface area (Å²) in [6, 6.07) is 4.92. The number of hydrogen-bond donors (Lipinski definition) is 0. The average molecular weight is 248 g/mol. The van der Waals surface area contributed by atoms with Crippen LogP contribution in [0.15, 0.2) is 24.3 Å². The van der Waals surface area contributed by atoms with Crippen molar-refractivity contribution in [2.45, 2.75) is 32.4 Å². The van der Waals surface area contributed by atoms with E-state index in [2.05, 4.69) is 0 Å². The minimum absolute atomic E-state index is 0.313. The van der Waals surface area contributed by atoms with E-state index in [-0.39, 0.29) is 6.10 Å². The molecule has 0 radical (unpaired) electrons. The first-order chi connectivity index (χ1) is 7.84. The van der Waals surface area contributed by atoms with E-state index in [1.54, 1.807) is 13.8 Å². The molecule has 0 aromatic heterocycles. The van der Waals surface area contributed by atoms with Crippen molar-refractivity contribution >= 4 is 0 Å². The maximum atomic E-state index is 12.3. The van der Waals surface area contributed by atoms with Crippen LogP contribution in [0, 0.1) is 0 Å². The summed E-state index contributed by atoms with van der Waals surface area (Å²) >= 11 is 0. The molecule has 2 nitrogen and oxygen atoms in total. The summed E-state index contributed by atoms with van der Waals surface area (Å²) in [6.45, 7) is 3.48. The highest BCUT2D eigenvalue weighted by atomic mass is 19.4. The number of hydrogen-bond acceptors (Lipinski definition) is 2. The molecule has 2 atom stereocenters. The van der Waals surface area contributed by atoms with E-state index in [1.807, 2.05) is 0 Å². The van der Waals surface area contributed by atoms with E-state index in [0.29, 0.717) is 5.56 Å². The first-order valence-corrected chi connectivity index (χ1v) is 5.20. The lowest BCUT2D eigenvalue weighted by Gasteiger charge is -2.18. The fourth-order valence-corrected chi connectivity index (χ4v) is 1.36. The zero-order chi connectivity index (χ0) is 13.1. The van der Waals surface area contributed by atoms with Crippen molar-refractivity contribution < 1.29 is 22.6 Å². The van der Waals surface area contributed by atoms with Gasteiger partial charge < -0.3 is 9.47 Å². The Morgan fingerprint density at radius 1 is 1.06 bits per heavy atom. The Morgan fingerprint density at radius 3 is 2.00 bits per heavy atom. The van der Waals surface area contributed by atoms with Crippen LogP contribution in [0.1, 0.15) is 31.1 Å². The molecule has 0 spiro atoms. The maximum Gasteiger partial charge on any atom is 0.416 e. The molecule has 0 amide bonds. The Hall–Kier alpha value is -1.07. The van der Waals surface area contributed by atoms with Gasteiger partial charge in [0, 0.05) is 7.11 Å². The molecule has 0 aliphatic carbocycles. The molecule has 5 heteroatoms. The fraction of sp³-hybridized carbons (Fsp3) is 0.500. The van der Waals surface area contributed by atoms with E-state index in [9.17, 15) is 13.2 Å². The van der Waals surface area contributed by atoms with Crippen molar-refractivity contribution in [1.29, 1.82) is 0 Å². The Morgan fingerprint density at radius 2 is 1.59 bits per heavy atom. The molecule has 17 heavy (non-hydrogen) atoms. The van der Waals surface area contributed by atoms with Gasteiger partial charge in [-0.05, 0) is 31.5 Å². The van der Waals surface area contributed by atoms with Crippen LogP contribution in [0.4, 0.5) is 13.2 Å². The number of benzene rings is 1. The van der Waals surface area contributed by atoms with Crippen LogP contribution >= 0.6 is 0 Å². The predicted octanol–water partition coefficient (Wildman–Crippen LogP) is 3.78. The molecular formula is C12H15F3O2. The van der Waals surface area contributed by atoms with Gasteiger partial charge >= 0.3 is 6.18 Å². The Balaban J connectivity index is 2.74. The van der Waals surface area contributed by atoms with Gasteiger partial charge in [-0.3, -0.25) is 0 Å². The van der Waals surface area contributed by atoms with Crippen molar-refractivity contribution in [3.8, 4) is 0 Å². The number of ether oxygens (including phenoxy) is 2. The lowest BCUT2D eigenvalue weighted by molar-refractivity contribution is -0.141. The second-order valence-corrected chi connectivity index (χ2v) is 3.70. The largest absolute Gasteiger partial charge is 0.416 e. The van der Waals surface area contributed by atoms with Crippen molar-refractivity contribution in [3.05, 3.63) is 35.4 Å². The maximum absolute atomic E-state index is 12.3. The van der Waals surface area contributed by atoms with Gasteiger partial charge in [0.05, 0.1) is 11.7 Å². The second kappa shape index (κ2) is 5.51. The van der Waals surface area contributed by atoms with Crippen LogP contribution in [0.25, 0.3) is 0 Å². The van der Waals surface area contributed by atoms with Gasteiger partial charge in [0.25, 0.3) is 0 Å². The van der Waals surface area contributed by atoms with Crippen LogP contribution in [-0.2, 0) is 15.7 Å². The first kappa shape index (κ1) is 14.0. The number of methoxy groups -OCH3 is 1. The molecule has 0 heterocycles. The Bertz CT molecular complexity index is 346. The smallest absolute Gasteiger partial charge is 0.356 e. The van der Waals surface area contributed by atoms with Gasteiger partial charge in [-0.25, -0.2) is 0 Å². The first-order valence-electron chi connectivity index (χ1n) is 5.20. The summed E-state index contributed by atoms with van der Waals surface area (Å²) in [7, 11) is 1.50. The molecule has 0 N–H and O–H groups in total. The molecule has 0 fully saturated rings. The lowest BCUT2D eigenvalue weighted by atomic mass is 10.1. The zero-order valence-electron chi connectivity index (χ0n) is 9.91. The summed E-state index contributed by atoms with van der Waals surface area (Å²) in [5.74, 6) is 0. The number of alkyl halides is 3. The zero-order valence-corrected chi connectivity index (χ0v) is 9.91. The van der Waals surface area contributed by atoms with Crippen molar-refractivity contribution in [2.24, 2.45) is 0 Å². The molecule has 0 saturated heterocycles. The highest BCUT2D eigenvalue weighted by molar-refractivity contribution is 5.25. The topological polar surface area (TPSA) is 18.5 Å². The minimum Gasteiger partial charge on any atom is -0.356 e. The summed E-state index contributed by atoms with van der Waals surface area (Å²) < 4.78 is 47.3. The van der Waals surface area contributed by atoms with Gasteiger partial charge in [-0.1, -0.05) is 12.1 Å². The standard InChI is InChI=1S/C12H15F3O2/c1-8(17-9(2)16-3)10-4-6-11(7-5-10)12(13,14)15/h4-9H,1-3H3. The van der Waals surface area contributed by atoms with Crippen LogP contribution in [0.2, 0.25) is 0 Å². The number of halogens is 3. The third-order valence-corrected chi connectivity index (χ3v) is 2.44. The third kappa shape index (κ3) is 4.02. The van der Waals surface area contributed by atoms with Crippen LogP contribution < -0.4 is 0 Å². The quantitative estimate of drug-likeness (QED) is 0.755. The molecule has 0 bridgehead atoms. The molecular weight excluding hydrogens is 233 g/mol. The predicted molar refractivity (Wildman–Crippen MR) is 57.4 cm³/mol. The van der Waals surface area contributed by atoms with Gasteiger partial charge in [0.2, 0.25) is 0 Å². The van der Waals surface area contributed by atoms with Crippen LogP contribution in [-0.4, -0.2) is 13.4 Å². The second-order valence-electron chi connectivity index (χ2n) is 3.70. The van der Waals surface area contributed by atoms with Crippen molar-refractivity contribution in [1.82, 2.24) is 0 Å². The monoisotopic (exact) mass is 248 g/mol. The van der Waals surface area contributed by atoms with E-state index in [4.69, 9.17) is 9.47 Å². The molecule has 1 rings (SSSR count). The molecule has 96 valence electrons. The average Bonchev–Trinajstić information content (AvgIpc) is 2.27. The molecule has 0 aliphatic rings. The molecule has 1 aromatic rings. The SMILES string of the molecule is COC(C)OC(C)c1ccc(C(F)(F)F)cc1. The van der Waals surface area contributed by atoms with Gasteiger partial charge in [0.15, 0.2) is 6.29 Å². The van der Waals surface area contributed by atoms with Crippen LogP contribution in [0.3, 0.4) is 0 Å². The number of rotatable bonds is 4. The highest BCUT2D eigenvalue weighted by Crippen LogP contribution is 2.30. The Kier molecular flexibility index (Phi) is 4.54. The van der Waals surface area contributed by atoms with E-state index >= 15 is 0 Å². The third-order valence-electron chi connectivity index (χ3n) is 2.44. The fourth-order valence-electron chi connectivity index (χ4n) is 1.36. The van der Waals surface area contributed by atoms with Crippen LogP contribution in [0.5, 0.6) is 0 Å². The van der Waals surface area contributed by atoms with E-state index in [0.717, 1.165) is 12.1 Å². The summed E-state index contributed by atoms with van der Waals surface area (Å²) in [5.41, 5.74) is 0.0233. The van der Waals surface area contributed by atoms with Gasteiger partial charge in [0.1, 0.15) is 0 Å². The molecule has 0 aliphatic heterocycles. The summed E-state index contributed by atoms with van der Waals surface area (Å²) in [6.07, 6.45) is -5.01. The van der Waals surface area contributed by atoms with Gasteiger partial charge in [-0.2, -0.15) is 13.2 Å². The van der Waals surface area contributed by atoms with Crippen molar-refractivity contribution in [2.75, 3.05) is 7.11 Å². The Labute approximate surface area is 98.3 Å². The molecule has 2 unspecified atom stereocenters. The van der Waals surface area contributed by atoms with Crippen molar-refractivity contribution in [3.63, 3.8) is 0 Å². The highest BCUT2D eigenvalue weighted by Gasteiger charge is 2.30. The van der Waals surface area contributed by atoms with Gasteiger partial charge in [-0.15, -0.1) is 0 Å². The molecule has 1 aromatic carbocycles. The normalized spacial score (nSPS) is 15.6. The molecule has 0 saturated carbocycles. The summed E-state index contributed by atoms with van der Waals surface area (Å²) in [4.78, 5) is 0.